The van der Waals surface area contributed by atoms with Crippen molar-refractivity contribution in [3.63, 3.8) is 0 Å². The molecule has 0 aromatic heterocycles. The Balaban J connectivity index is 2.45. The van der Waals surface area contributed by atoms with Gasteiger partial charge < -0.3 is 10.5 Å². The van der Waals surface area contributed by atoms with Crippen LogP contribution < -0.4 is 0 Å². The maximum Gasteiger partial charge on any atom is 0.0682 e. The highest BCUT2D eigenvalue weighted by atomic mass is 16.3. The smallest absolute Gasteiger partial charge is 0.0682 e. The fraction of sp³-hybridized carbons (Fsp3) is 0.200. The third-order valence-electron chi connectivity index (χ3n) is 2.07. The van der Waals surface area contributed by atoms with Crippen molar-refractivity contribution in [3.8, 4) is 0 Å². The van der Waals surface area contributed by atoms with Crippen molar-refractivity contribution in [2.75, 3.05) is 0 Å². The van der Waals surface area contributed by atoms with Gasteiger partial charge in [0.1, 0.15) is 0 Å². The van der Waals surface area contributed by atoms with E-state index >= 15 is 0 Å². The second-order valence-corrected chi connectivity index (χ2v) is 3.08. The fourth-order valence-corrected chi connectivity index (χ4v) is 1.38. The van der Waals surface area contributed by atoms with Crippen LogP contribution in [0, 0.1) is 5.41 Å². The van der Waals surface area contributed by atoms with Gasteiger partial charge in [-0.1, -0.05) is 12.1 Å². The zero-order valence-electron chi connectivity index (χ0n) is 7.12. The van der Waals surface area contributed by atoms with Crippen molar-refractivity contribution >= 4 is 17.6 Å². The quantitative estimate of drug-likeness (QED) is 0.665. The van der Waals surface area contributed by atoms with E-state index in [1.165, 1.54) is 0 Å². The molecule has 0 unspecified atom stereocenters. The van der Waals surface area contributed by atoms with Gasteiger partial charge in [0.2, 0.25) is 0 Å². The Morgan fingerprint density at radius 3 is 3.08 bits per heavy atom. The number of hydrogen-bond acceptors (Lipinski definition) is 3. The summed E-state index contributed by atoms with van der Waals surface area (Å²) in [5.41, 5.74) is 3.33. The highest BCUT2D eigenvalue weighted by molar-refractivity contribution is 6.31. The Bertz CT molecular complexity index is 383. The molecule has 2 rings (SSSR count). The van der Waals surface area contributed by atoms with E-state index in [2.05, 4.69) is 4.99 Å². The lowest BCUT2D eigenvalue weighted by atomic mass is 10.0. The Kier molecular flexibility index (Phi) is 1.94. The van der Waals surface area contributed by atoms with Crippen LogP contribution in [0.5, 0.6) is 0 Å². The molecule has 1 aliphatic heterocycles. The van der Waals surface area contributed by atoms with E-state index in [0.29, 0.717) is 12.1 Å². The molecular weight excluding hydrogens is 164 g/mol. The van der Waals surface area contributed by atoms with Crippen LogP contribution in [-0.2, 0) is 13.0 Å². The van der Waals surface area contributed by atoms with Crippen molar-refractivity contribution in [1.82, 2.24) is 0 Å². The van der Waals surface area contributed by atoms with Crippen molar-refractivity contribution in [1.29, 1.82) is 5.41 Å². The summed E-state index contributed by atoms with van der Waals surface area (Å²) in [6.07, 6.45) is 2.20. The van der Waals surface area contributed by atoms with Gasteiger partial charge in [-0.15, -0.1) is 0 Å². The molecule has 0 spiro atoms. The van der Waals surface area contributed by atoms with Gasteiger partial charge in [0.05, 0.1) is 18.0 Å². The second-order valence-electron chi connectivity index (χ2n) is 3.08. The fourth-order valence-electron chi connectivity index (χ4n) is 1.38. The summed E-state index contributed by atoms with van der Waals surface area (Å²) in [6, 6.07) is 5.65. The van der Waals surface area contributed by atoms with Gasteiger partial charge in [-0.05, 0) is 17.2 Å². The first-order chi connectivity index (χ1) is 6.29. The van der Waals surface area contributed by atoms with Crippen molar-refractivity contribution in [3.05, 3.63) is 29.3 Å². The molecule has 1 heterocycles. The molecule has 3 heteroatoms. The molecule has 0 saturated carbocycles. The van der Waals surface area contributed by atoms with E-state index < -0.39 is 0 Å². The molecule has 2 N–H and O–H groups in total. The maximum atomic E-state index is 8.90. The number of aliphatic hydroxyl groups is 1. The van der Waals surface area contributed by atoms with Crippen LogP contribution >= 0.6 is 0 Å². The van der Waals surface area contributed by atoms with Crippen LogP contribution in [0.1, 0.15) is 11.1 Å². The molecule has 3 nitrogen and oxygen atoms in total. The van der Waals surface area contributed by atoms with Gasteiger partial charge in [-0.25, -0.2) is 0 Å². The number of fused-ring (bicyclic) bond motifs is 1. The highest BCUT2D eigenvalue weighted by Gasteiger charge is 2.08. The molecule has 1 aliphatic rings. The van der Waals surface area contributed by atoms with Crippen molar-refractivity contribution in [2.45, 2.75) is 13.0 Å². The lowest BCUT2D eigenvalue weighted by Gasteiger charge is -2.10. The molecule has 66 valence electrons. The number of aliphatic imine (C=N–C) groups is 1. The monoisotopic (exact) mass is 174 g/mol. The van der Waals surface area contributed by atoms with Crippen LogP contribution in [0.3, 0.4) is 0 Å². The summed E-state index contributed by atoms with van der Waals surface area (Å²) < 4.78 is 0. The number of nitrogens with one attached hydrogen (secondary N) is 1. The molecule has 0 atom stereocenters. The number of rotatable bonds is 1. The molecule has 0 saturated heterocycles. The standard InChI is InChI=1S/C10H10N2O/c11-9-4-8-2-1-7(6-13)3-10(8)12-5-9/h1-3,5,11,13H,4,6H2. The Morgan fingerprint density at radius 1 is 1.46 bits per heavy atom. The van der Waals surface area contributed by atoms with E-state index in [1.807, 2.05) is 18.2 Å². The lowest BCUT2D eigenvalue weighted by molar-refractivity contribution is 0.282. The number of benzene rings is 1. The van der Waals surface area contributed by atoms with Crippen LogP contribution in [0.15, 0.2) is 23.2 Å². The Morgan fingerprint density at radius 2 is 2.31 bits per heavy atom. The normalized spacial score (nSPS) is 14.4. The first kappa shape index (κ1) is 8.13. The van der Waals surface area contributed by atoms with Crippen molar-refractivity contribution < 1.29 is 5.11 Å². The van der Waals surface area contributed by atoms with Gasteiger partial charge in [0.15, 0.2) is 0 Å². The summed E-state index contributed by atoms with van der Waals surface area (Å²) in [4.78, 5) is 4.12. The Hall–Kier alpha value is -1.48. The summed E-state index contributed by atoms with van der Waals surface area (Å²) >= 11 is 0. The van der Waals surface area contributed by atoms with Gasteiger partial charge in [-0.3, -0.25) is 4.99 Å². The second kappa shape index (κ2) is 3.11. The lowest BCUT2D eigenvalue weighted by Crippen LogP contribution is -2.07. The topological polar surface area (TPSA) is 56.4 Å². The van der Waals surface area contributed by atoms with E-state index in [1.54, 1.807) is 6.21 Å². The van der Waals surface area contributed by atoms with Crippen molar-refractivity contribution in [2.24, 2.45) is 4.99 Å². The van der Waals surface area contributed by atoms with E-state index in [4.69, 9.17) is 10.5 Å². The summed E-state index contributed by atoms with van der Waals surface area (Å²) in [5.74, 6) is 0. The number of hydrogen-bond donors (Lipinski definition) is 2. The molecule has 0 fully saturated rings. The minimum Gasteiger partial charge on any atom is -0.392 e. The molecule has 13 heavy (non-hydrogen) atoms. The SMILES string of the molecule is N=C1C=Nc2cc(CO)ccc2C1. The minimum atomic E-state index is 0.0419. The summed E-state index contributed by atoms with van der Waals surface area (Å²) in [5, 5.41) is 16.3. The first-order valence-electron chi connectivity index (χ1n) is 4.14. The Labute approximate surface area is 76.3 Å². The number of nitrogens with zero attached hydrogens (tertiary/aromatic N) is 1. The predicted octanol–water partition coefficient (Wildman–Crippen LogP) is 1.46. The minimum absolute atomic E-state index is 0.0419. The third-order valence-corrected chi connectivity index (χ3v) is 2.07. The number of aliphatic hydroxyl groups excluding tert-OH is 1. The molecular formula is C10H10N2O. The average molecular weight is 174 g/mol. The van der Waals surface area contributed by atoms with Crippen LogP contribution in [-0.4, -0.2) is 17.0 Å². The average Bonchev–Trinajstić information content (AvgIpc) is 2.17. The summed E-state index contributed by atoms with van der Waals surface area (Å²) in [6.45, 7) is 0.0419. The maximum absolute atomic E-state index is 8.90. The van der Waals surface area contributed by atoms with Gasteiger partial charge in [-0.2, -0.15) is 0 Å². The molecule has 1 aromatic carbocycles. The summed E-state index contributed by atoms with van der Waals surface area (Å²) in [7, 11) is 0. The molecule has 0 bridgehead atoms. The molecule has 0 aliphatic carbocycles. The zero-order valence-corrected chi connectivity index (χ0v) is 7.12. The van der Waals surface area contributed by atoms with Crippen LogP contribution in [0.2, 0.25) is 0 Å². The highest BCUT2D eigenvalue weighted by Crippen LogP contribution is 2.24. The van der Waals surface area contributed by atoms with E-state index in [0.717, 1.165) is 16.8 Å². The molecule has 1 aromatic rings. The van der Waals surface area contributed by atoms with Crippen LogP contribution in [0.4, 0.5) is 5.69 Å². The van der Waals surface area contributed by atoms with Crippen LogP contribution in [0.25, 0.3) is 0 Å². The predicted molar refractivity (Wildman–Crippen MR) is 51.9 cm³/mol. The first-order valence-corrected chi connectivity index (χ1v) is 4.14. The largest absolute Gasteiger partial charge is 0.392 e. The van der Waals surface area contributed by atoms with Gasteiger partial charge >= 0.3 is 0 Å². The zero-order chi connectivity index (χ0) is 9.26. The molecule has 0 amide bonds. The van der Waals surface area contributed by atoms with Gasteiger partial charge in [0, 0.05) is 12.6 Å². The molecule has 0 radical (unpaired) electrons. The van der Waals surface area contributed by atoms with E-state index in [9.17, 15) is 0 Å². The third kappa shape index (κ3) is 1.51. The van der Waals surface area contributed by atoms with Gasteiger partial charge in [0.25, 0.3) is 0 Å². The van der Waals surface area contributed by atoms with E-state index in [-0.39, 0.29) is 6.61 Å².